The van der Waals surface area contributed by atoms with Crippen LogP contribution in [-0.4, -0.2) is 14.5 Å². The normalized spacial score (nSPS) is 10.8. The van der Waals surface area contributed by atoms with Crippen LogP contribution < -0.4 is 0 Å². The third-order valence-electron chi connectivity index (χ3n) is 3.26. The summed E-state index contributed by atoms with van der Waals surface area (Å²) in [5.74, 6) is 0.843. The summed E-state index contributed by atoms with van der Waals surface area (Å²) in [6.07, 6.45) is 1.56. The van der Waals surface area contributed by atoms with Gasteiger partial charge in [-0.15, -0.1) is 11.6 Å². The average molecular weight is 317 g/mol. The van der Waals surface area contributed by atoms with Crippen LogP contribution in [0.1, 0.15) is 17.0 Å². The van der Waals surface area contributed by atoms with Crippen LogP contribution in [0.4, 0.5) is 0 Å². The molecule has 0 unspecified atom stereocenters. The molecular weight excluding hydrogens is 307 g/mol. The van der Waals surface area contributed by atoms with Crippen LogP contribution in [0, 0.1) is 18.3 Å². The molecule has 0 N–H and O–H groups in total. The molecule has 0 bridgehead atoms. The molecule has 0 fully saturated rings. The predicted molar refractivity (Wildman–Crippen MR) is 82.9 cm³/mol. The van der Waals surface area contributed by atoms with Crippen molar-refractivity contribution in [1.29, 1.82) is 5.26 Å². The van der Waals surface area contributed by atoms with Gasteiger partial charge in [0, 0.05) is 6.20 Å². The maximum absolute atomic E-state index is 9.42. The number of fused-ring (bicyclic) bond motifs is 1. The summed E-state index contributed by atoms with van der Waals surface area (Å²) < 4.78 is 1.81. The van der Waals surface area contributed by atoms with Crippen LogP contribution >= 0.6 is 23.2 Å². The molecule has 21 heavy (non-hydrogen) atoms. The summed E-state index contributed by atoms with van der Waals surface area (Å²) in [6, 6.07) is 9.62. The first-order valence-corrected chi connectivity index (χ1v) is 7.16. The summed E-state index contributed by atoms with van der Waals surface area (Å²) in [6.45, 7) is 1.89. The summed E-state index contributed by atoms with van der Waals surface area (Å²) >= 11 is 12.0. The Bertz CT molecular complexity index is 877. The van der Waals surface area contributed by atoms with Crippen molar-refractivity contribution < 1.29 is 0 Å². The Morgan fingerprint density at radius 1 is 1.38 bits per heavy atom. The summed E-state index contributed by atoms with van der Waals surface area (Å²) in [5, 5.41) is 9.93. The van der Waals surface area contributed by atoms with Gasteiger partial charge in [-0.1, -0.05) is 23.7 Å². The van der Waals surface area contributed by atoms with Crippen molar-refractivity contribution in [3.63, 3.8) is 0 Å². The number of halogens is 2. The highest BCUT2D eigenvalue weighted by Crippen LogP contribution is 2.26. The molecule has 104 valence electrons. The maximum atomic E-state index is 9.42. The molecule has 0 amide bonds. The van der Waals surface area contributed by atoms with Crippen LogP contribution in [0.3, 0.4) is 0 Å². The van der Waals surface area contributed by atoms with Crippen LogP contribution in [-0.2, 0) is 5.88 Å². The van der Waals surface area contributed by atoms with Crippen LogP contribution in [0.25, 0.3) is 16.9 Å². The summed E-state index contributed by atoms with van der Waals surface area (Å²) in [5.41, 5.74) is 3.50. The fourth-order valence-electron chi connectivity index (χ4n) is 2.31. The first kappa shape index (κ1) is 13.9. The number of benzene rings is 1. The van der Waals surface area contributed by atoms with Crippen molar-refractivity contribution in [3.8, 4) is 11.8 Å². The smallest absolute Gasteiger partial charge is 0.164 e. The fourth-order valence-corrected chi connectivity index (χ4v) is 2.65. The Morgan fingerprint density at radius 2 is 2.19 bits per heavy atom. The van der Waals surface area contributed by atoms with E-state index < -0.39 is 0 Å². The lowest BCUT2D eigenvalue weighted by Crippen LogP contribution is -2.04. The van der Waals surface area contributed by atoms with Gasteiger partial charge in [-0.2, -0.15) is 5.26 Å². The fraction of sp³-hybridized carbons (Fsp3) is 0.133. The van der Waals surface area contributed by atoms with Crippen molar-refractivity contribution in [2.75, 3.05) is 0 Å². The minimum Gasteiger partial charge on any atom is -0.278 e. The number of hydrogen-bond donors (Lipinski definition) is 0. The van der Waals surface area contributed by atoms with E-state index >= 15 is 0 Å². The number of alkyl halides is 1. The van der Waals surface area contributed by atoms with Crippen molar-refractivity contribution >= 4 is 34.4 Å². The van der Waals surface area contributed by atoms with Crippen molar-refractivity contribution in [1.82, 2.24) is 14.5 Å². The number of aryl methyl sites for hydroxylation is 1. The van der Waals surface area contributed by atoms with E-state index in [-0.39, 0.29) is 5.88 Å². The van der Waals surface area contributed by atoms with Gasteiger partial charge in [0.25, 0.3) is 0 Å². The second kappa shape index (κ2) is 5.36. The number of aromatic nitrogens is 3. The van der Waals surface area contributed by atoms with Gasteiger partial charge in [0.15, 0.2) is 5.65 Å². The molecule has 6 heteroatoms. The Balaban J connectivity index is 2.40. The molecule has 3 aromatic rings. The third-order valence-corrected chi connectivity index (χ3v) is 3.70. The van der Waals surface area contributed by atoms with E-state index in [9.17, 15) is 5.26 Å². The number of nitriles is 1. The molecule has 0 atom stereocenters. The van der Waals surface area contributed by atoms with E-state index in [0.717, 1.165) is 11.3 Å². The zero-order chi connectivity index (χ0) is 15.0. The number of nitrogens with zero attached hydrogens (tertiary/aromatic N) is 4. The highest BCUT2D eigenvalue weighted by Gasteiger charge is 2.16. The number of imidazole rings is 1. The van der Waals surface area contributed by atoms with E-state index in [1.807, 2.05) is 29.7 Å². The molecule has 0 spiro atoms. The SMILES string of the molecule is Cc1cccc(-n2c(CCl)nc3cc(Cl)cnc32)c1C#N. The van der Waals surface area contributed by atoms with E-state index in [1.165, 1.54) is 0 Å². The summed E-state index contributed by atoms with van der Waals surface area (Å²) in [7, 11) is 0. The lowest BCUT2D eigenvalue weighted by molar-refractivity contribution is 0.964. The largest absolute Gasteiger partial charge is 0.278 e. The lowest BCUT2D eigenvalue weighted by atomic mass is 10.1. The zero-order valence-corrected chi connectivity index (χ0v) is 12.7. The molecule has 2 aromatic heterocycles. The van der Waals surface area contributed by atoms with Crippen molar-refractivity contribution in [2.24, 2.45) is 0 Å². The average Bonchev–Trinajstić information content (AvgIpc) is 2.84. The van der Waals surface area contributed by atoms with E-state index in [4.69, 9.17) is 23.2 Å². The van der Waals surface area contributed by atoms with E-state index in [0.29, 0.717) is 27.6 Å². The maximum Gasteiger partial charge on any atom is 0.164 e. The van der Waals surface area contributed by atoms with Gasteiger partial charge in [-0.05, 0) is 24.6 Å². The Labute approximate surface area is 131 Å². The van der Waals surface area contributed by atoms with Crippen molar-refractivity contribution in [2.45, 2.75) is 12.8 Å². The second-order valence-corrected chi connectivity index (χ2v) is 5.28. The zero-order valence-electron chi connectivity index (χ0n) is 11.1. The third kappa shape index (κ3) is 2.25. The number of pyridine rings is 1. The minimum atomic E-state index is 0.215. The van der Waals surface area contributed by atoms with Gasteiger partial charge in [0.05, 0.1) is 22.2 Å². The standard InChI is InChI=1S/C15H10Cl2N4/c1-9-3-2-4-13(11(9)7-18)21-14(6-16)20-12-5-10(17)8-19-15(12)21/h2-5,8H,6H2,1H3. The molecule has 3 rings (SSSR count). The van der Waals surface area contributed by atoms with E-state index in [2.05, 4.69) is 16.0 Å². The van der Waals surface area contributed by atoms with Gasteiger partial charge >= 0.3 is 0 Å². The Kier molecular flexibility index (Phi) is 3.54. The second-order valence-electron chi connectivity index (χ2n) is 4.57. The highest BCUT2D eigenvalue weighted by atomic mass is 35.5. The predicted octanol–water partition coefficient (Wildman–Crippen LogP) is 3.99. The van der Waals surface area contributed by atoms with Crippen LogP contribution in [0.2, 0.25) is 5.02 Å². The quantitative estimate of drug-likeness (QED) is 0.672. The van der Waals surface area contributed by atoms with Gasteiger partial charge in [-0.25, -0.2) is 9.97 Å². The Morgan fingerprint density at radius 3 is 2.90 bits per heavy atom. The first-order valence-electron chi connectivity index (χ1n) is 6.24. The molecule has 4 nitrogen and oxygen atoms in total. The van der Waals surface area contributed by atoms with Crippen LogP contribution in [0.15, 0.2) is 30.5 Å². The Hall–Kier alpha value is -2.09. The number of rotatable bonds is 2. The molecule has 0 aliphatic rings. The highest BCUT2D eigenvalue weighted by molar-refractivity contribution is 6.31. The monoisotopic (exact) mass is 316 g/mol. The molecule has 1 aromatic carbocycles. The lowest BCUT2D eigenvalue weighted by Gasteiger charge is -2.10. The summed E-state index contributed by atoms with van der Waals surface area (Å²) in [4.78, 5) is 8.78. The molecule has 0 aliphatic carbocycles. The topological polar surface area (TPSA) is 54.5 Å². The van der Waals surface area contributed by atoms with Gasteiger partial charge in [-0.3, -0.25) is 4.57 Å². The van der Waals surface area contributed by atoms with Crippen LogP contribution in [0.5, 0.6) is 0 Å². The first-order chi connectivity index (χ1) is 10.2. The molecular formula is C15H10Cl2N4. The van der Waals surface area contributed by atoms with Gasteiger partial charge in [0.2, 0.25) is 0 Å². The molecule has 2 heterocycles. The van der Waals surface area contributed by atoms with Gasteiger partial charge in [0.1, 0.15) is 17.4 Å². The molecule has 0 saturated carbocycles. The molecule has 0 radical (unpaired) electrons. The van der Waals surface area contributed by atoms with Crippen molar-refractivity contribution in [3.05, 3.63) is 52.4 Å². The molecule has 0 aliphatic heterocycles. The van der Waals surface area contributed by atoms with E-state index in [1.54, 1.807) is 12.3 Å². The minimum absolute atomic E-state index is 0.215. The number of hydrogen-bond acceptors (Lipinski definition) is 3. The molecule has 0 saturated heterocycles. The van der Waals surface area contributed by atoms with Gasteiger partial charge < -0.3 is 0 Å².